The molecule has 0 saturated heterocycles. The Labute approximate surface area is 168 Å². The first-order valence-electron chi connectivity index (χ1n) is 8.86. The molecule has 0 aliphatic rings. The first-order chi connectivity index (χ1) is 13.5. The maximum Gasteiger partial charge on any atom is 0.325 e. The van der Waals surface area contributed by atoms with Crippen molar-refractivity contribution in [2.24, 2.45) is 0 Å². The van der Waals surface area contributed by atoms with Crippen molar-refractivity contribution in [1.29, 1.82) is 0 Å². The lowest BCUT2D eigenvalue weighted by molar-refractivity contribution is 0.262. The average Bonchev–Trinajstić information content (AvgIpc) is 3.16. The van der Waals surface area contributed by atoms with Crippen molar-refractivity contribution in [3.8, 4) is 22.8 Å². The van der Waals surface area contributed by atoms with E-state index in [9.17, 15) is 4.79 Å². The molecule has 28 heavy (non-hydrogen) atoms. The predicted octanol–water partition coefficient (Wildman–Crippen LogP) is 5.59. The number of carbonyl (C=O) groups is 1. The monoisotopic (exact) mass is 397 g/mol. The van der Waals surface area contributed by atoms with Crippen LogP contribution < -0.4 is 20.1 Å². The number of rotatable bonds is 6. The average molecular weight is 398 g/mol. The summed E-state index contributed by atoms with van der Waals surface area (Å²) in [7, 11) is 3.07. The van der Waals surface area contributed by atoms with E-state index in [-0.39, 0.29) is 0 Å². The highest BCUT2D eigenvalue weighted by Gasteiger charge is 2.13. The van der Waals surface area contributed by atoms with E-state index in [2.05, 4.69) is 53.7 Å². The van der Waals surface area contributed by atoms with Crippen molar-refractivity contribution in [3.05, 3.63) is 53.4 Å². The first kappa shape index (κ1) is 19.7. The van der Waals surface area contributed by atoms with Gasteiger partial charge in [0.15, 0.2) is 16.6 Å². The molecule has 3 rings (SSSR count). The van der Waals surface area contributed by atoms with Crippen LogP contribution >= 0.6 is 11.3 Å². The van der Waals surface area contributed by atoms with Crippen molar-refractivity contribution in [2.75, 3.05) is 24.9 Å². The molecule has 0 atom stereocenters. The molecule has 2 aromatic carbocycles. The van der Waals surface area contributed by atoms with Crippen molar-refractivity contribution < 1.29 is 14.3 Å². The van der Waals surface area contributed by atoms with Gasteiger partial charge in [-0.2, -0.15) is 0 Å². The fourth-order valence-electron chi connectivity index (χ4n) is 2.74. The standard InChI is InChI=1S/C21H23N3O3S/c1-13(2)14-8-10-15(11-9-14)17-12-28-21(23-17)24-20(25)22-16-6-5-7-18(26-3)19(16)27-4/h5-13H,1-4H3,(H2,22,23,24,25). The molecule has 0 radical (unpaired) electrons. The van der Waals surface area contributed by atoms with E-state index in [4.69, 9.17) is 9.47 Å². The summed E-state index contributed by atoms with van der Waals surface area (Å²) >= 11 is 1.37. The lowest BCUT2D eigenvalue weighted by atomic mass is 10.0. The number of hydrogen-bond donors (Lipinski definition) is 2. The first-order valence-corrected chi connectivity index (χ1v) is 9.74. The Morgan fingerprint density at radius 3 is 2.43 bits per heavy atom. The summed E-state index contributed by atoms with van der Waals surface area (Å²) in [6, 6.07) is 13.2. The molecule has 2 amide bonds. The highest BCUT2D eigenvalue weighted by molar-refractivity contribution is 7.14. The Hall–Kier alpha value is -3.06. The van der Waals surface area contributed by atoms with Gasteiger partial charge >= 0.3 is 6.03 Å². The van der Waals surface area contributed by atoms with Crippen LogP contribution in [0.3, 0.4) is 0 Å². The van der Waals surface area contributed by atoms with Crippen LogP contribution in [-0.4, -0.2) is 25.2 Å². The Morgan fingerprint density at radius 1 is 1.04 bits per heavy atom. The minimum Gasteiger partial charge on any atom is -0.493 e. The van der Waals surface area contributed by atoms with Crippen LogP contribution in [0.15, 0.2) is 47.8 Å². The third-order valence-corrected chi connectivity index (χ3v) is 5.01. The topological polar surface area (TPSA) is 72.5 Å². The number of benzene rings is 2. The molecule has 0 fully saturated rings. The molecule has 7 heteroatoms. The number of carbonyl (C=O) groups excluding carboxylic acids is 1. The van der Waals surface area contributed by atoms with Crippen molar-refractivity contribution >= 4 is 28.2 Å². The third kappa shape index (κ3) is 4.43. The molecule has 0 saturated carbocycles. The summed E-state index contributed by atoms with van der Waals surface area (Å²) in [5.74, 6) is 1.49. The van der Waals surface area contributed by atoms with E-state index in [0.717, 1.165) is 11.3 Å². The van der Waals surface area contributed by atoms with Gasteiger partial charge in [0.05, 0.1) is 25.6 Å². The summed E-state index contributed by atoms with van der Waals surface area (Å²) in [5.41, 5.74) is 3.64. The van der Waals surface area contributed by atoms with Gasteiger partial charge in [0.1, 0.15) is 0 Å². The van der Waals surface area contributed by atoms with Gasteiger partial charge < -0.3 is 14.8 Å². The number of urea groups is 1. The molecule has 146 valence electrons. The Kier molecular flexibility index (Phi) is 6.16. The summed E-state index contributed by atoms with van der Waals surface area (Å²) in [6.45, 7) is 4.33. The Bertz CT molecular complexity index is 952. The number of amides is 2. The Morgan fingerprint density at radius 2 is 1.79 bits per heavy atom. The van der Waals surface area contributed by atoms with E-state index in [1.165, 1.54) is 24.0 Å². The van der Waals surface area contributed by atoms with Gasteiger partial charge in [0.25, 0.3) is 0 Å². The van der Waals surface area contributed by atoms with E-state index in [1.807, 2.05) is 5.38 Å². The van der Waals surface area contributed by atoms with Crippen LogP contribution in [0, 0.1) is 0 Å². The van der Waals surface area contributed by atoms with Gasteiger partial charge in [-0.05, 0) is 23.6 Å². The SMILES string of the molecule is COc1cccc(NC(=O)Nc2nc(-c3ccc(C(C)C)cc3)cs2)c1OC. The number of hydrogen-bond acceptors (Lipinski definition) is 5. The van der Waals surface area contributed by atoms with Crippen LogP contribution in [-0.2, 0) is 0 Å². The Balaban J connectivity index is 1.69. The summed E-state index contributed by atoms with van der Waals surface area (Å²) < 4.78 is 10.6. The fraction of sp³-hybridized carbons (Fsp3) is 0.238. The second-order valence-electron chi connectivity index (χ2n) is 6.43. The zero-order chi connectivity index (χ0) is 20.1. The number of thiazole rings is 1. The minimum atomic E-state index is -0.400. The molecule has 6 nitrogen and oxygen atoms in total. The van der Waals surface area contributed by atoms with Crippen molar-refractivity contribution in [2.45, 2.75) is 19.8 Å². The van der Waals surface area contributed by atoms with Crippen LogP contribution in [0.5, 0.6) is 11.5 Å². The molecule has 0 unspecified atom stereocenters. The molecule has 1 aromatic heterocycles. The zero-order valence-electron chi connectivity index (χ0n) is 16.3. The highest BCUT2D eigenvalue weighted by atomic mass is 32.1. The van der Waals surface area contributed by atoms with Crippen LogP contribution in [0.25, 0.3) is 11.3 Å². The number of anilines is 2. The number of ether oxygens (including phenoxy) is 2. The largest absolute Gasteiger partial charge is 0.493 e. The van der Waals surface area contributed by atoms with Crippen LogP contribution in [0.1, 0.15) is 25.3 Å². The lowest BCUT2D eigenvalue weighted by Crippen LogP contribution is -2.19. The molecular weight excluding hydrogens is 374 g/mol. The number of para-hydroxylation sites is 1. The van der Waals surface area contributed by atoms with Crippen molar-refractivity contribution in [1.82, 2.24) is 4.98 Å². The van der Waals surface area contributed by atoms with Gasteiger partial charge in [0, 0.05) is 10.9 Å². The van der Waals surface area contributed by atoms with Gasteiger partial charge in [-0.1, -0.05) is 44.2 Å². The van der Waals surface area contributed by atoms with Gasteiger partial charge in [0.2, 0.25) is 0 Å². The van der Waals surface area contributed by atoms with Gasteiger partial charge in [-0.25, -0.2) is 9.78 Å². The summed E-state index contributed by atoms with van der Waals surface area (Å²) in [5, 5.41) is 7.96. The molecular formula is C21H23N3O3S. The van der Waals surface area contributed by atoms with Gasteiger partial charge in [-0.3, -0.25) is 5.32 Å². The lowest BCUT2D eigenvalue weighted by Gasteiger charge is -2.13. The maximum absolute atomic E-state index is 12.4. The fourth-order valence-corrected chi connectivity index (χ4v) is 3.45. The molecule has 0 aliphatic carbocycles. The zero-order valence-corrected chi connectivity index (χ0v) is 17.1. The van der Waals surface area contributed by atoms with E-state index < -0.39 is 6.03 Å². The third-order valence-electron chi connectivity index (χ3n) is 4.25. The summed E-state index contributed by atoms with van der Waals surface area (Å²) in [6.07, 6.45) is 0. The molecule has 0 spiro atoms. The predicted molar refractivity (Wildman–Crippen MR) is 114 cm³/mol. The number of methoxy groups -OCH3 is 2. The normalized spacial score (nSPS) is 10.6. The number of nitrogens with one attached hydrogen (secondary N) is 2. The molecule has 3 aromatic rings. The minimum absolute atomic E-state index is 0.400. The summed E-state index contributed by atoms with van der Waals surface area (Å²) in [4.78, 5) is 16.9. The number of aromatic nitrogens is 1. The molecule has 2 N–H and O–H groups in total. The quantitative estimate of drug-likeness (QED) is 0.568. The smallest absolute Gasteiger partial charge is 0.325 e. The van der Waals surface area contributed by atoms with Crippen molar-refractivity contribution in [3.63, 3.8) is 0 Å². The van der Waals surface area contributed by atoms with Crippen LogP contribution in [0.4, 0.5) is 15.6 Å². The van der Waals surface area contributed by atoms with E-state index >= 15 is 0 Å². The second-order valence-corrected chi connectivity index (χ2v) is 7.29. The van der Waals surface area contributed by atoms with E-state index in [1.54, 1.807) is 25.3 Å². The van der Waals surface area contributed by atoms with E-state index in [0.29, 0.717) is 28.2 Å². The highest BCUT2D eigenvalue weighted by Crippen LogP contribution is 2.35. The van der Waals surface area contributed by atoms with Crippen LogP contribution in [0.2, 0.25) is 0 Å². The second kappa shape index (κ2) is 8.75. The van der Waals surface area contributed by atoms with Gasteiger partial charge in [-0.15, -0.1) is 11.3 Å². The molecule has 1 heterocycles. The number of nitrogens with zero attached hydrogens (tertiary/aromatic N) is 1. The maximum atomic E-state index is 12.4. The molecule has 0 aliphatic heterocycles. The molecule has 0 bridgehead atoms.